The second kappa shape index (κ2) is 8.57. The number of thiol groups is 1. The summed E-state index contributed by atoms with van der Waals surface area (Å²) >= 11 is 8.18. The van der Waals surface area contributed by atoms with Crippen molar-refractivity contribution in [3.8, 4) is 0 Å². The van der Waals surface area contributed by atoms with Crippen molar-refractivity contribution in [2.24, 2.45) is 0 Å². The fourth-order valence-electron chi connectivity index (χ4n) is 1.05. The summed E-state index contributed by atoms with van der Waals surface area (Å²) in [4.78, 5) is 0. The highest BCUT2D eigenvalue weighted by atomic mass is 32.2. The zero-order valence-electron chi connectivity index (χ0n) is 8.19. The lowest BCUT2D eigenvalue weighted by molar-refractivity contribution is 1.40. The summed E-state index contributed by atoms with van der Waals surface area (Å²) in [6, 6.07) is 10.6. The maximum Gasteiger partial charge on any atom is 0.0184 e. The Bertz CT molecular complexity index is 223. The van der Waals surface area contributed by atoms with Gasteiger partial charge in [0.25, 0.3) is 0 Å². The fourth-order valence-corrected chi connectivity index (χ4v) is 3.28. The predicted molar refractivity (Wildman–Crippen MR) is 73.8 cm³/mol. The van der Waals surface area contributed by atoms with E-state index in [2.05, 4.69) is 43.0 Å². The second-order valence-electron chi connectivity index (χ2n) is 2.87. The summed E-state index contributed by atoms with van der Waals surface area (Å²) in [5.41, 5.74) is 1.43. The molecule has 1 rings (SSSR count). The highest BCUT2D eigenvalue weighted by molar-refractivity contribution is 8.02. The number of hydrogen-bond acceptors (Lipinski definition) is 3. The average Bonchev–Trinajstić information content (AvgIpc) is 2.25. The van der Waals surface area contributed by atoms with Gasteiger partial charge in [-0.2, -0.15) is 36.2 Å². The van der Waals surface area contributed by atoms with Gasteiger partial charge in [-0.05, 0) is 11.3 Å². The first-order chi connectivity index (χ1) is 6.93. The van der Waals surface area contributed by atoms with Crippen LogP contribution in [0.25, 0.3) is 0 Å². The molecule has 0 aliphatic rings. The van der Waals surface area contributed by atoms with Crippen LogP contribution < -0.4 is 0 Å². The van der Waals surface area contributed by atoms with Gasteiger partial charge in [0.1, 0.15) is 0 Å². The van der Waals surface area contributed by atoms with Crippen LogP contribution in [0.5, 0.6) is 0 Å². The van der Waals surface area contributed by atoms with Crippen molar-refractivity contribution in [2.75, 3.05) is 23.0 Å². The van der Waals surface area contributed by atoms with E-state index in [1.165, 1.54) is 22.8 Å². The first-order valence-electron chi connectivity index (χ1n) is 4.74. The van der Waals surface area contributed by atoms with Crippen molar-refractivity contribution in [3.05, 3.63) is 35.9 Å². The molecule has 0 spiro atoms. The van der Waals surface area contributed by atoms with Crippen LogP contribution in [0.1, 0.15) is 5.56 Å². The molecule has 0 heterocycles. The van der Waals surface area contributed by atoms with E-state index in [0.29, 0.717) is 0 Å². The zero-order chi connectivity index (χ0) is 10.1. The summed E-state index contributed by atoms with van der Waals surface area (Å²) in [6.45, 7) is 0. The van der Waals surface area contributed by atoms with Crippen LogP contribution in [0.15, 0.2) is 30.3 Å². The maximum atomic E-state index is 4.18. The molecule has 14 heavy (non-hydrogen) atoms. The minimum Gasteiger partial charge on any atom is -0.179 e. The lowest BCUT2D eigenvalue weighted by Gasteiger charge is -2.01. The van der Waals surface area contributed by atoms with Crippen LogP contribution in [0.4, 0.5) is 0 Å². The van der Waals surface area contributed by atoms with Gasteiger partial charge >= 0.3 is 0 Å². The van der Waals surface area contributed by atoms with Crippen molar-refractivity contribution in [1.29, 1.82) is 0 Å². The van der Waals surface area contributed by atoms with E-state index in [9.17, 15) is 0 Å². The molecule has 78 valence electrons. The van der Waals surface area contributed by atoms with Crippen LogP contribution in [0.3, 0.4) is 0 Å². The Labute approximate surface area is 101 Å². The van der Waals surface area contributed by atoms with Crippen LogP contribution in [-0.4, -0.2) is 23.0 Å². The van der Waals surface area contributed by atoms with E-state index in [1.807, 2.05) is 23.5 Å². The Hall–Kier alpha value is 0.270. The molecule has 0 fully saturated rings. The number of benzene rings is 1. The van der Waals surface area contributed by atoms with E-state index in [1.54, 1.807) is 0 Å². The summed E-state index contributed by atoms with van der Waals surface area (Å²) in [5.74, 6) is 5.80. The molecule has 1 aromatic rings. The van der Waals surface area contributed by atoms with E-state index in [-0.39, 0.29) is 0 Å². The summed E-state index contributed by atoms with van der Waals surface area (Å²) < 4.78 is 0. The lowest BCUT2D eigenvalue weighted by atomic mass is 10.2. The molecule has 0 radical (unpaired) electrons. The van der Waals surface area contributed by atoms with E-state index in [4.69, 9.17) is 0 Å². The third kappa shape index (κ3) is 5.89. The quantitative estimate of drug-likeness (QED) is 0.575. The summed E-state index contributed by atoms with van der Waals surface area (Å²) in [6.07, 6.45) is 0. The van der Waals surface area contributed by atoms with Gasteiger partial charge in [-0.1, -0.05) is 30.3 Å². The molecule has 3 heteroatoms. The monoisotopic (exact) mass is 244 g/mol. The van der Waals surface area contributed by atoms with Crippen LogP contribution in [0.2, 0.25) is 0 Å². The van der Waals surface area contributed by atoms with Gasteiger partial charge in [0.15, 0.2) is 0 Å². The Morgan fingerprint density at radius 3 is 2.36 bits per heavy atom. The highest BCUT2D eigenvalue weighted by Crippen LogP contribution is 2.13. The number of thioether (sulfide) groups is 2. The zero-order valence-corrected chi connectivity index (χ0v) is 10.7. The first-order valence-corrected chi connectivity index (χ1v) is 7.68. The Kier molecular flexibility index (Phi) is 7.55. The van der Waals surface area contributed by atoms with Gasteiger partial charge in [0.2, 0.25) is 0 Å². The summed E-state index contributed by atoms with van der Waals surface area (Å²) in [5, 5.41) is 0. The van der Waals surface area contributed by atoms with Gasteiger partial charge in [0, 0.05) is 23.0 Å². The molecular weight excluding hydrogens is 228 g/mol. The Morgan fingerprint density at radius 1 is 0.929 bits per heavy atom. The molecular formula is C11H16S3. The van der Waals surface area contributed by atoms with Gasteiger partial charge in [-0.3, -0.25) is 0 Å². The van der Waals surface area contributed by atoms with Gasteiger partial charge in [0.05, 0.1) is 0 Å². The van der Waals surface area contributed by atoms with Crippen LogP contribution >= 0.6 is 36.2 Å². The van der Waals surface area contributed by atoms with Gasteiger partial charge < -0.3 is 0 Å². The van der Waals surface area contributed by atoms with Crippen LogP contribution in [-0.2, 0) is 5.75 Å². The molecule has 0 atom stereocenters. The van der Waals surface area contributed by atoms with Crippen molar-refractivity contribution in [1.82, 2.24) is 0 Å². The third-order valence-electron chi connectivity index (χ3n) is 1.72. The molecule has 0 saturated carbocycles. The minimum atomic E-state index is 0.994. The maximum absolute atomic E-state index is 4.18. The van der Waals surface area contributed by atoms with E-state index in [0.717, 1.165) is 11.5 Å². The lowest BCUT2D eigenvalue weighted by Crippen LogP contribution is -1.88. The van der Waals surface area contributed by atoms with Crippen molar-refractivity contribution in [2.45, 2.75) is 5.75 Å². The highest BCUT2D eigenvalue weighted by Gasteiger charge is 1.92. The van der Waals surface area contributed by atoms with Crippen molar-refractivity contribution in [3.63, 3.8) is 0 Å². The van der Waals surface area contributed by atoms with Gasteiger partial charge in [-0.25, -0.2) is 0 Å². The molecule has 0 bridgehead atoms. The molecule has 0 aliphatic carbocycles. The summed E-state index contributed by atoms with van der Waals surface area (Å²) in [7, 11) is 0. The normalized spacial score (nSPS) is 10.4. The third-order valence-corrected chi connectivity index (χ3v) is 4.52. The SMILES string of the molecule is SCCSCCSCc1ccccc1. The Balaban J connectivity index is 1.99. The molecule has 0 N–H and O–H groups in total. The minimum absolute atomic E-state index is 0.994. The topological polar surface area (TPSA) is 0 Å². The largest absolute Gasteiger partial charge is 0.179 e. The van der Waals surface area contributed by atoms with E-state index >= 15 is 0 Å². The molecule has 0 aliphatic heterocycles. The molecule has 0 nitrogen and oxygen atoms in total. The molecule has 0 saturated heterocycles. The van der Waals surface area contributed by atoms with Crippen molar-refractivity contribution >= 4 is 36.2 Å². The van der Waals surface area contributed by atoms with Crippen LogP contribution in [0, 0.1) is 0 Å². The Morgan fingerprint density at radius 2 is 1.64 bits per heavy atom. The standard InChI is InChI=1S/C11H16S3/c12-6-7-13-8-9-14-10-11-4-2-1-3-5-11/h1-5,12H,6-10H2. The number of rotatable bonds is 7. The van der Waals surface area contributed by atoms with Gasteiger partial charge in [-0.15, -0.1) is 0 Å². The average molecular weight is 244 g/mol. The number of hydrogen-bond donors (Lipinski definition) is 1. The molecule has 0 amide bonds. The van der Waals surface area contributed by atoms with E-state index < -0.39 is 0 Å². The predicted octanol–water partition coefficient (Wildman–Crippen LogP) is 3.58. The molecule has 0 unspecified atom stereocenters. The second-order valence-corrected chi connectivity index (χ2v) is 5.65. The van der Waals surface area contributed by atoms with Crippen molar-refractivity contribution < 1.29 is 0 Å². The fraction of sp³-hybridized carbons (Fsp3) is 0.455. The smallest absolute Gasteiger partial charge is 0.0184 e. The molecule has 0 aromatic heterocycles. The first kappa shape index (κ1) is 12.3. The molecule has 1 aromatic carbocycles.